The predicted octanol–water partition coefficient (Wildman–Crippen LogP) is 1.78. The van der Waals surface area contributed by atoms with Gasteiger partial charge in [0, 0.05) is 6.20 Å². The van der Waals surface area contributed by atoms with Gasteiger partial charge in [0.2, 0.25) is 0 Å². The zero-order valence-electron chi connectivity index (χ0n) is 8.64. The topological polar surface area (TPSA) is 60.9 Å². The molecule has 0 saturated carbocycles. The summed E-state index contributed by atoms with van der Waals surface area (Å²) in [6.07, 6.45) is 1.56. The molecule has 0 aliphatic carbocycles. The average Bonchev–Trinajstić information content (AvgIpc) is 2.22. The van der Waals surface area contributed by atoms with Crippen molar-refractivity contribution >= 4 is 17.4 Å². The molecular formula is C11H10ClN3O. The number of nitrogen functional groups attached to an aromatic ring is 1. The van der Waals surface area contributed by atoms with E-state index in [0.717, 1.165) is 5.56 Å². The first-order valence-electron chi connectivity index (χ1n) is 4.69. The number of benzene rings is 1. The smallest absolute Gasteiger partial charge is 0.354 e. The molecule has 0 atom stereocenters. The Kier molecular flexibility index (Phi) is 2.66. The van der Waals surface area contributed by atoms with Crippen molar-refractivity contribution in [3.8, 4) is 5.69 Å². The van der Waals surface area contributed by atoms with Crippen LogP contribution in [0, 0.1) is 6.92 Å². The Bertz CT molecular complexity index is 592. The van der Waals surface area contributed by atoms with Gasteiger partial charge >= 0.3 is 5.69 Å². The van der Waals surface area contributed by atoms with Crippen LogP contribution in [0.5, 0.6) is 0 Å². The summed E-state index contributed by atoms with van der Waals surface area (Å²) in [6, 6.07) is 7.00. The highest BCUT2D eigenvalue weighted by Crippen LogP contribution is 2.20. The third kappa shape index (κ3) is 1.92. The fourth-order valence-corrected chi connectivity index (χ4v) is 1.62. The Labute approximate surface area is 97.3 Å². The van der Waals surface area contributed by atoms with Crippen LogP contribution >= 0.6 is 11.6 Å². The third-order valence-electron chi connectivity index (χ3n) is 2.19. The molecule has 5 heteroatoms. The molecule has 0 fully saturated rings. The van der Waals surface area contributed by atoms with Gasteiger partial charge in [-0.15, -0.1) is 0 Å². The number of anilines is 1. The van der Waals surface area contributed by atoms with E-state index >= 15 is 0 Å². The maximum absolute atomic E-state index is 11.6. The summed E-state index contributed by atoms with van der Waals surface area (Å²) in [4.78, 5) is 15.3. The summed E-state index contributed by atoms with van der Waals surface area (Å²) >= 11 is 6.02. The lowest BCUT2D eigenvalue weighted by molar-refractivity contribution is 0.918. The summed E-state index contributed by atoms with van der Waals surface area (Å²) in [5, 5.41) is 0.499. The Morgan fingerprint density at radius 1 is 1.38 bits per heavy atom. The molecule has 1 aromatic carbocycles. The molecule has 2 rings (SSSR count). The summed E-state index contributed by atoms with van der Waals surface area (Å²) in [5.74, 6) is 0.199. The van der Waals surface area contributed by atoms with E-state index in [4.69, 9.17) is 17.3 Å². The van der Waals surface area contributed by atoms with Gasteiger partial charge in [0.15, 0.2) is 0 Å². The highest BCUT2D eigenvalue weighted by Gasteiger charge is 2.05. The lowest BCUT2D eigenvalue weighted by atomic mass is 10.2. The Morgan fingerprint density at radius 3 is 2.81 bits per heavy atom. The average molecular weight is 236 g/mol. The van der Waals surface area contributed by atoms with Crippen LogP contribution in [0.15, 0.2) is 35.3 Å². The first kappa shape index (κ1) is 10.7. The molecule has 1 heterocycles. The number of hydrogen-bond donors (Lipinski definition) is 1. The van der Waals surface area contributed by atoms with Crippen LogP contribution in [0.2, 0.25) is 5.02 Å². The van der Waals surface area contributed by atoms with Crippen molar-refractivity contribution in [2.45, 2.75) is 6.92 Å². The maximum atomic E-state index is 11.6. The second kappa shape index (κ2) is 3.98. The minimum Gasteiger partial charge on any atom is -0.383 e. The Balaban J connectivity index is 2.67. The van der Waals surface area contributed by atoms with E-state index in [1.165, 1.54) is 4.57 Å². The van der Waals surface area contributed by atoms with Gasteiger partial charge in [-0.1, -0.05) is 17.7 Å². The molecule has 4 nitrogen and oxygen atoms in total. The van der Waals surface area contributed by atoms with Crippen LogP contribution in [-0.4, -0.2) is 9.55 Å². The van der Waals surface area contributed by atoms with E-state index in [9.17, 15) is 4.79 Å². The zero-order chi connectivity index (χ0) is 11.7. The highest BCUT2D eigenvalue weighted by molar-refractivity contribution is 6.32. The van der Waals surface area contributed by atoms with Gasteiger partial charge in [0.05, 0.1) is 10.7 Å². The summed E-state index contributed by atoms with van der Waals surface area (Å²) in [7, 11) is 0. The number of aromatic nitrogens is 2. The van der Waals surface area contributed by atoms with Crippen LogP contribution < -0.4 is 11.4 Å². The van der Waals surface area contributed by atoms with Crippen LogP contribution in [0.4, 0.5) is 5.82 Å². The lowest BCUT2D eigenvalue weighted by Crippen LogP contribution is -2.21. The normalized spacial score (nSPS) is 10.4. The van der Waals surface area contributed by atoms with Crippen molar-refractivity contribution in [2.24, 2.45) is 0 Å². The first-order valence-corrected chi connectivity index (χ1v) is 5.07. The molecule has 82 valence electrons. The van der Waals surface area contributed by atoms with Gasteiger partial charge in [-0.25, -0.2) is 4.79 Å². The summed E-state index contributed by atoms with van der Waals surface area (Å²) in [6.45, 7) is 1.93. The van der Waals surface area contributed by atoms with Crippen LogP contribution in [0.1, 0.15) is 5.56 Å². The monoisotopic (exact) mass is 235 g/mol. The third-order valence-corrected chi connectivity index (χ3v) is 2.51. The van der Waals surface area contributed by atoms with Gasteiger partial charge in [0.1, 0.15) is 5.82 Å². The van der Waals surface area contributed by atoms with Crippen LogP contribution in [0.3, 0.4) is 0 Å². The molecule has 0 spiro atoms. The van der Waals surface area contributed by atoms with E-state index in [0.29, 0.717) is 10.7 Å². The second-order valence-electron chi connectivity index (χ2n) is 3.46. The molecule has 0 aliphatic heterocycles. The molecule has 16 heavy (non-hydrogen) atoms. The van der Waals surface area contributed by atoms with Crippen molar-refractivity contribution in [1.82, 2.24) is 9.55 Å². The fourth-order valence-electron chi connectivity index (χ4n) is 1.41. The second-order valence-corrected chi connectivity index (χ2v) is 3.87. The summed E-state index contributed by atoms with van der Waals surface area (Å²) in [5.41, 5.74) is 6.61. The lowest BCUT2D eigenvalue weighted by Gasteiger charge is -2.07. The molecule has 2 aromatic rings. The van der Waals surface area contributed by atoms with Gasteiger partial charge < -0.3 is 5.73 Å². The van der Waals surface area contributed by atoms with Crippen molar-refractivity contribution in [1.29, 1.82) is 0 Å². The van der Waals surface area contributed by atoms with Gasteiger partial charge in [-0.05, 0) is 30.7 Å². The minimum atomic E-state index is -0.437. The van der Waals surface area contributed by atoms with Gasteiger partial charge in [0.25, 0.3) is 0 Å². The molecule has 0 bridgehead atoms. The highest BCUT2D eigenvalue weighted by atomic mass is 35.5. The van der Waals surface area contributed by atoms with Crippen molar-refractivity contribution < 1.29 is 0 Å². The number of aryl methyl sites for hydroxylation is 1. The van der Waals surface area contributed by atoms with E-state index in [1.54, 1.807) is 18.3 Å². The quantitative estimate of drug-likeness (QED) is 0.820. The minimum absolute atomic E-state index is 0.199. The SMILES string of the molecule is Cc1ccc(Cl)c(-n2ccc(N)nc2=O)c1. The molecule has 0 saturated heterocycles. The van der Waals surface area contributed by atoms with E-state index in [1.807, 2.05) is 19.1 Å². The van der Waals surface area contributed by atoms with E-state index < -0.39 is 5.69 Å². The van der Waals surface area contributed by atoms with Gasteiger partial charge in [-0.3, -0.25) is 4.57 Å². The predicted molar refractivity (Wildman–Crippen MR) is 64.0 cm³/mol. The first-order chi connectivity index (χ1) is 7.58. The zero-order valence-corrected chi connectivity index (χ0v) is 9.40. The number of halogens is 1. The van der Waals surface area contributed by atoms with Gasteiger partial charge in [-0.2, -0.15) is 4.98 Å². The Morgan fingerprint density at radius 2 is 2.12 bits per heavy atom. The maximum Gasteiger partial charge on any atom is 0.354 e. The van der Waals surface area contributed by atoms with Crippen LogP contribution in [-0.2, 0) is 0 Å². The molecule has 2 N–H and O–H groups in total. The molecule has 0 amide bonds. The van der Waals surface area contributed by atoms with E-state index in [-0.39, 0.29) is 5.82 Å². The fraction of sp³-hybridized carbons (Fsp3) is 0.0909. The Hall–Kier alpha value is -1.81. The van der Waals surface area contributed by atoms with Crippen LogP contribution in [0.25, 0.3) is 5.69 Å². The van der Waals surface area contributed by atoms with Crippen molar-refractivity contribution in [3.05, 3.63) is 51.5 Å². The molecular weight excluding hydrogens is 226 g/mol. The van der Waals surface area contributed by atoms with Crippen molar-refractivity contribution in [3.63, 3.8) is 0 Å². The molecule has 0 radical (unpaired) electrons. The number of nitrogens with two attached hydrogens (primary N) is 1. The number of hydrogen-bond acceptors (Lipinski definition) is 3. The van der Waals surface area contributed by atoms with E-state index in [2.05, 4.69) is 4.98 Å². The summed E-state index contributed by atoms with van der Waals surface area (Å²) < 4.78 is 1.37. The number of nitrogens with zero attached hydrogens (tertiary/aromatic N) is 2. The number of rotatable bonds is 1. The standard InChI is InChI=1S/C11H10ClN3O/c1-7-2-3-8(12)9(6-7)15-5-4-10(13)14-11(15)16/h2-6H,1H3,(H2,13,14,16). The molecule has 0 unspecified atom stereocenters. The largest absolute Gasteiger partial charge is 0.383 e. The molecule has 1 aromatic heterocycles. The molecule has 0 aliphatic rings. The van der Waals surface area contributed by atoms with Crippen molar-refractivity contribution in [2.75, 3.05) is 5.73 Å².